The molecule has 2 aromatic rings. The van der Waals surface area contributed by atoms with Gasteiger partial charge >= 0.3 is 11.9 Å². The Balaban J connectivity index is 1.61. The van der Waals surface area contributed by atoms with Gasteiger partial charge in [0.15, 0.2) is 0 Å². The smallest absolute Gasteiger partial charge is 0.336 e. The van der Waals surface area contributed by atoms with Gasteiger partial charge in [-0.05, 0) is 57.4 Å². The van der Waals surface area contributed by atoms with Crippen LogP contribution >= 0.6 is 0 Å². The summed E-state index contributed by atoms with van der Waals surface area (Å²) < 4.78 is 11.5. The van der Waals surface area contributed by atoms with Gasteiger partial charge in [0.05, 0.1) is 17.8 Å². The summed E-state index contributed by atoms with van der Waals surface area (Å²) >= 11 is 0. The molecule has 3 rings (SSSR count). The van der Waals surface area contributed by atoms with Gasteiger partial charge in [0.2, 0.25) is 0 Å². The number of pyridine rings is 1. The van der Waals surface area contributed by atoms with Crippen LogP contribution in [0.25, 0.3) is 0 Å². The molecule has 7 nitrogen and oxygen atoms in total. The largest absolute Gasteiger partial charge is 0.462 e. The molecule has 0 spiro atoms. The van der Waals surface area contributed by atoms with Gasteiger partial charge in [0.25, 0.3) is 0 Å². The summed E-state index contributed by atoms with van der Waals surface area (Å²) in [4.78, 5) is 32.9. The molecule has 0 bridgehead atoms. The third-order valence-corrected chi connectivity index (χ3v) is 6.98. The van der Waals surface area contributed by atoms with Gasteiger partial charge in [-0.3, -0.25) is 9.88 Å². The number of hydrogen-bond acceptors (Lipinski definition) is 7. The maximum atomic E-state index is 13.4. The van der Waals surface area contributed by atoms with Gasteiger partial charge in [-0.15, -0.1) is 0 Å². The lowest BCUT2D eigenvalue weighted by Crippen LogP contribution is -2.34. The number of rotatable bonds is 15. The topological polar surface area (TPSA) is 80.8 Å². The lowest BCUT2D eigenvalue weighted by molar-refractivity contribution is -0.141. The zero-order valence-corrected chi connectivity index (χ0v) is 23.9. The van der Waals surface area contributed by atoms with Gasteiger partial charge in [-0.2, -0.15) is 0 Å². The van der Waals surface area contributed by atoms with E-state index in [1.54, 1.807) is 6.20 Å². The molecule has 0 aliphatic carbocycles. The van der Waals surface area contributed by atoms with Crippen LogP contribution in [0.5, 0.6) is 0 Å². The van der Waals surface area contributed by atoms with Crippen LogP contribution in [0.2, 0.25) is 0 Å². The van der Waals surface area contributed by atoms with Crippen molar-refractivity contribution in [2.75, 3.05) is 26.8 Å². The number of hydrogen-bond donors (Lipinski definition) is 1. The molecule has 1 aromatic heterocycles. The molecule has 0 saturated heterocycles. The number of ether oxygens (including phenoxy) is 2. The second-order valence-electron chi connectivity index (χ2n) is 10.2. The van der Waals surface area contributed by atoms with Gasteiger partial charge in [-0.25, -0.2) is 9.59 Å². The number of carbonyl (C=O) groups excluding carboxylic acids is 2. The summed E-state index contributed by atoms with van der Waals surface area (Å²) in [5, 5.41) is 3.25. The maximum absolute atomic E-state index is 13.4. The van der Waals surface area contributed by atoms with E-state index < -0.39 is 0 Å². The maximum Gasteiger partial charge on any atom is 0.336 e. The number of nitrogens with one attached hydrogen (secondary N) is 1. The van der Waals surface area contributed by atoms with Gasteiger partial charge in [0, 0.05) is 42.8 Å². The second kappa shape index (κ2) is 15.8. The van der Waals surface area contributed by atoms with Crippen molar-refractivity contribution in [2.45, 2.75) is 65.8 Å². The molecule has 210 valence electrons. The van der Waals surface area contributed by atoms with Crippen molar-refractivity contribution in [3.05, 3.63) is 88.5 Å². The summed E-state index contributed by atoms with van der Waals surface area (Å²) in [7, 11) is 2.01. The Kier molecular flexibility index (Phi) is 12.2. The molecule has 1 aromatic carbocycles. The average molecular weight is 534 g/mol. The highest BCUT2D eigenvalue weighted by molar-refractivity contribution is 5.97. The highest BCUT2D eigenvalue weighted by atomic mass is 16.5. The molecule has 2 heterocycles. The predicted octanol–water partition coefficient (Wildman–Crippen LogP) is 5.58. The Bertz CT molecular complexity index is 1130. The average Bonchev–Trinajstić information content (AvgIpc) is 2.92. The van der Waals surface area contributed by atoms with Crippen molar-refractivity contribution >= 4 is 11.9 Å². The number of aryl methyl sites for hydroxylation is 1. The number of esters is 2. The molecular weight excluding hydrogens is 490 g/mol. The third-order valence-electron chi connectivity index (χ3n) is 6.98. The van der Waals surface area contributed by atoms with Gasteiger partial charge < -0.3 is 14.8 Å². The molecule has 0 fully saturated rings. The van der Waals surface area contributed by atoms with Crippen LogP contribution in [0.15, 0.2) is 77.4 Å². The van der Waals surface area contributed by atoms with Crippen molar-refractivity contribution in [1.82, 2.24) is 15.2 Å². The first kappa shape index (κ1) is 30.1. The van der Waals surface area contributed by atoms with Crippen LogP contribution in [-0.4, -0.2) is 48.6 Å². The summed E-state index contributed by atoms with van der Waals surface area (Å²) in [6.45, 7) is 7.87. The van der Waals surface area contributed by atoms with E-state index >= 15 is 0 Å². The summed E-state index contributed by atoms with van der Waals surface area (Å²) in [5.41, 5.74) is 4.87. The van der Waals surface area contributed by atoms with Crippen LogP contribution in [-0.2, 0) is 32.0 Å². The molecule has 0 saturated carbocycles. The highest BCUT2D eigenvalue weighted by Crippen LogP contribution is 2.35. The number of unbranched alkanes of at least 4 members (excludes halogenated alkanes) is 2. The van der Waals surface area contributed by atoms with Crippen LogP contribution in [0.3, 0.4) is 0 Å². The molecule has 1 aliphatic heterocycles. The number of carbonyl (C=O) groups is 2. The minimum absolute atomic E-state index is 0.275. The van der Waals surface area contributed by atoms with Crippen LogP contribution in [0, 0.1) is 5.92 Å². The van der Waals surface area contributed by atoms with E-state index in [1.165, 1.54) is 5.56 Å². The number of dihydropyridines is 1. The summed E-state index contributed by atoms with van der Waals surface area (Å²) in [6, 6.07) is 14.1. The van der Waals surface area contributed by atoms with Crippen molar-refractivity contribution in [3.63, 3.8) is 0 Å². The van der Waals surface area contributed by atoms with E-state index in [0.29, 0.717) is 37.1 Å². The zero-order chi connectivity index (χ0) is 28.0. The van der Waals surface area contributed by atoms with Crippen LogP contribution in [0.4, 0.5) is 0 Å². The molecular formula is C32H43N3O4. The Morgan fingerprint density at radius 2 is 1.56 bits per heavy atom. The Morgan fingerprint density at radius 1 is 0.897 bits per heavy atom. The first-order valence-electron chi connectivity index (χ1n) is 14.0. The van der Waals surface area contributed by atoms with E-state index in [9.17, 15) is 9.59 Å². The molecule has 1 atom stereocenters. The minimum atomic E-state index is -0.371. The number of aromatic nitrogens is 1. The SMILES string of the molecule is CCCCCC1C(C(=O)OCCCc2cccnc2)=C(C)NC(C)=C1C(=O)OCCN(C)Cc1ccccc1. The second-order valence-corrected chi connectivity index (χ2v) is 10.2. The lowest BCUT2D eigenvalue weighted by atomic mass is 9.82. The van der Waals surface area contributed by atoms with E-state index in [2.05, 4.69) is 34.3 Å². The molecule has 1 aliphatic rings. The minimum Gasteiger partial charge on any atom is -0.462 e. The predicted molar refractivity (Wildman–Crippen MR) is 153 cm³/mol. The van der Waals surface area contributed by atoms with Crippen LogP contribution < -0.4 is 5.32 Å². The fourth-order valence-electron chi connectivity index (χ4n) is 4.97. The van der Waals surface area contributed by atoms with Crippen molar-refractivity contribution < 1.29 is 19.1 Å². The van der Waals surface area contributed by atoms with Gasteiger partial charge in [-0.1, -0.05) is 62.6 Å². The molecule has 1 unspecified atom stereocenters. The van der Waals surface area contributed by atoms with E-state index in [1.807, 2.05) is 57.4 Å². The van der Waals surface area contributed by atoms with Crippen molar-refractivity contribution in [3.8, 4) is 0 Å². The summed E-state index contributed by atoms with van der Waals surface area (Å²) in [5.74, 6) is -1.09. The number of nitrogens with zero attached hydrogens (tertiary/aromatic N) is 2. The Hall–Kier alpha value is -3.45. The Morgan fingerprint density at radius 3 is 2.21 bits per heavy atom. The molecule has 0 amide bonds. The fraction of sp³-hybridized carbons (Fsp3) is 0.469. The normalized spacial score (nSPS) is 15.4. The third kappa shape index (κ3) is 9.36. The van der Waals surface area contributed by atoms with Gasteiger partial charge in [0.1, 0.15) is 6.61 Å². The van der Waals surface area contributed by atoms with E-state index in [-0.39, 0.29) is 24.5 Å². The number of likely N-dealkylation sites (N-methyl/N-ethyl adjacent to an activating group) is 1. The first-order chi connectivity index (χ1) is 18.9. The number of benzene rings is 1. The lowest BCUT2D eigenvalue weighted by Gasteiger charge is -2.30. The molecule has 7 heteroatoms. The quantitative estimate of drug-likeness (QED) is 0.236. The standard InChI is InChI=1S/C32H43N3O4/c1-5-6-8-17-28-29(31(36)38-20-12-16-26-15-11-18-33-22-26)24(2)34-25(3)30(28)32(37)39-21-19-35(4)23-27-13-9-7-10-14-27/h7,9-11,13-15,18,22,28,34H,5-6,8,12,16-17,19-21,23H2,1-4H3. The molecule has 1 N–H and O–H groups in total. The summed E-state index contributed by atoms with van der Waals surface area (Å²) in [6.07, 6.45) is 8.76. The van der Waals surface area contributed by atoms with Crippen LogP contribution in [0.1, 0.15) is 64.0 Å². The fourth-order valence-corrected chi connectivity index (χ4v) is 4.97. The van der Waals surface area contributed by atoms with E-state index in [4.69, 9.17) is 9.47 Å². The zero-order valence-electron chi connectivity index (χ0n) is 23.9. The Labute approximate surface area is 233 Å². The monoisotopic (exact) mass is 533 g/mol. The van der Waals surface area contributed by atoms with Crippen molar-refractivity contribution in [1.29, 1.82) is 0 Å². The van der Waals surface area contributed by atoms with E-state index in [0.717, 1.165) is 49.2 Å². The molecule has 39 heavy (non-hydrogen) atoms. The highest BCUT2D eigenvalue weighted by Gasteiger charge is 2.36. The molecule has 0 radical (unpaired) electrons. The van der Waals surface area contributed by atoms with Crippen molar-refractivity contribution in [2.24, 2.45) is 5.92 Å². The first-order valence-corrected chi connectivity index (χ1v) is 14.0. The number of allylic oxidation sites excluding steroid dienone is 2.